The summed E-state index contributed by atoms with van der Waals surface area (Å²) in [6.45, 7) is 0. The van der Waals surface area contributed by atoms with Gasteiger partial charge in [0.05, 0.1) is 11.4 Å². The summed E-state index contributed by atoms with van der Waals surface area (Å²) in [5, 5.41) is 5.03. The maximum atomic E-state index is 5.26. The van der Waals surface area contributed by atoms with Crippen molar-refractivity contribution >= 4 is 21.5 Å². The van der Waals surface area contributed by atoms with Gasteiger partial charge in [-0.15, -0.1) is 0 Å². The Kier molecular flexibility index (Phi) is 8.78. The van der Waals surface area contributed by atoms with E-state index in [1.807, 2.05) is 6.07 Å². The molecule has 1 fully saturated rings. The van der Waals surface area contributed by atoms with Crippen molar-refractivity contribution in [1.29, 1.82) is 0 Å². The van der Waals surface area contributed by atoms with E-state index in [1.54, 1.807) is 0 Å². The van der Waals surface area contributed by atoms with E-state index in [-0.39, 0.29) is 5.41 Å². The van der Waals surface area contributed by atoms with Crippen LogP contribution in [0.3, 0.4) is 0 Å². The van der Waals surface area contributed by atoms with Crippen LogP contribution in [-0.4, -0.2) is 9.97 Å². The van der Waals surface area contributed by atoms with Gasteiger partial charge in [-0.3, -0.25) is 0 Å². The van der Waals surface area contributed by atoms with E-state index in [0.717, 1.165) is 33.6 Å². The van der Waals surface area contributed by atoms with Gasteiger partial charge in [-0.25, -0.2) is 9.97 Å². The van der Waals surface area contributed by atoms with E-state index >= 15 is 0 Å². The third-order valence-corrected chi connectivity index (χ3v) is 13.7. The molecule has 9 aromatic carbocycles. The molecule has 10 aromatic rings. The molecule has 0 amide bonds. The molecule has 62 heavy (non-hydrogen) atoms. The first-order valence-corrected chi connectivity index (χ1v) is 22.1. The average Bonchev–Trinajstić information content (AvgIpc) is 3.60. The van der Waals surface area contributed by atoms with Crippen molar-refractivity contribution in [3.63, 3.8) is 0 Å². The molecule has 0 N–H and O–H groups in total. The Morgan fingerprint density at radius 2 is 0.903 bits per heavy atom. The minimum absolute atomic E-state index is 0.0993. The smallest absolute Gasteiger partial charge is 0.160 e. The summed E-state index contributed by atoms with van der Waals surface area (Å²) in [5.74, 6) is 0.713. The molecule has 2 aliphatic carbocycles. The predicted octanol–water partition coefficient (Wildman–Crippen LogP) is 16.0. The Morgan fingerprint density at radius 1 is 0.323 bits per heavy atom. The lowest BCUT2D eigenvalue weighted by atomic mass is 9.67. The van der Waals surface area contributed by atoms with E-state index in [1.165, 1.54) is 104 Å². The fraction of sp³-hybridized carbons (Fsp3) is 0.100. The lowest BCUT2D eigenvalue weighted by Crippen LogP contribution is -2.28. The molecule has 2 heteroatoms. The number of nitrogens with zero attached hydrogens (tertiary/aromatic N) is 2. The van der Waals surface area contributed by atoms with Crippen LogP contribution in [0.2, 0.25) is 0 Å². The molecule has 2 nitrogen and oxygen atoms in total. The molecule has 0 unspecified atom stereocenters. The first kappa shape index (κ1) is 36.4. The van der Waals surface area contributed by atoms with Gasteiger partial charge < -0.3 is 0 Å². The number of hydrogen-bond donors (Lipinski definition) is 0. The van der Waals surface area contributed by atoms with Crippen LogP contribution in [0, 0.1) is 0 Å². The molecule has 0 aliphatic heterocycles. The van der Waals surface area contributed by atoms with Crippen molar-refractivity contribution in [3.8, 4) is 78.4 Å². The highest BCUT2D eigenvalue weighted by Crippen LogP contribution is 2.58. The van der Waals surface area contributed by atoms with Crippen molar-refractivity contribution in [1.82, 2.24) is 9.97 Å². The lowest BCUT2D eigenvalue weighted by Gasteiger charge is -2.36. The first-order chi connectivity index (χ1) is 30.7. The molecule has 1 spiro atoms. The molecule has 1 saturated carbocycles. The van der Waals surface area contributed by atoms with Crippen molar-refractivity contribution in [2.24, 2.45) is 0 Å². The maximum Gasteiger partial charge on any atom is 0.160 e. The standard InChI is InChI=1S/C60H44N2/c1-4-16-40(17-5-1)44-22-14-23-47(36-44)56-39-57(62-59(61-56)43-18-6-2-7-19-43)52-33-32-48(50-24-10-11-25-51(50)52)41-28-30-42(31-29-41)49-26-15-27-54-58(49)53-37-45-20-8-9-21-46(45)38-55(53)60(54)34-12-3-13-35-60/h1-2,4-11,14-33,36-39H,3,12-13,34-35H2. The van der Waals surface area contributed by atoms with Gasteiger partial charge in [0.1, 0.15) is 0 Å². The van der Waals surface area contributed by atoms with Gasteiger partial charge in [-0.05, 0) is 114 Å². The molecule has 2 aliphatic rings. The van der Waals surface area contributed by atoms with Crippen molar-refractivity contribution in [2.45, 2.75) is 37.5 Å². The monoisotopic (exact) mass is 792 g/mol. The van der Waals surface area contributed by atoms with Crippen LogP contribution in [0.15, 0.2) is 206 Å². The maximum absolute atomic E-state index is 5.26. The predicted molar refractivity (Wildman–Crippen MR) is 259 cm³/mol. The van der Waals surface area contributed by atoms with Crippen LogP contribution >= 0.6 is 0 Å². The Balaban J connectivity index is 0.952. The third kappa shape index (κ3) is 6.09. The zero-order valence-corrected chi connectivity index (χ0v) is 34.6. The fourth-order valence-electron chi connectivity index (χ4n) is 10.7. The molecule has 294 valence electrons. The Morgan fingerprint density at radius 3 is 1.66 bits per heavy atom. The minimum Gasteiger partial charge on any atom is -0.228 e. The summed E-state index contributed by atoms with van der Waals surface area (Å²) in [6.07, 6.45) is 6.35. The SMILES string of the molecule is c1ccc(-c2cccc(-c3cc(-c4ccc(-c5ccc(-c6cccc7c6-c6cc8ccccc8cc6C76CCCCC6)cc5)c5ccccc45)nc(-c4ccccc4)n3)c2)cc1. The number of aromatic nitrogens is 2. The van der Waals surface area contributed by atoms with E-state index < -0.39 is 0 Å². The van der Waals surface area contributed by atoms with Crippen LogP contribution < -0.4 is 0 Å². The van der Waals surface area contributed by atoms with Crippen LogP contribution in [-0.2, 0) is 5.41 Å². The summed E-state index contributed by atoms with van der Waals surface area (Å²) in [6, 6.07) is 75.3. The average molecular weight is 793 g/mol. The first-order valence-electron chi connectivity index (χ1n) is 22.1. The molecule has 1 heterocycles. The van der Waals surface area contributed by atoms with Gasteiger partial charge in [0, 0.05) is 22.1 Å². The van der Waals surface area contributed by atoms with Crippen molar-refractivity contribution < 1.29 is 0 Å². The highest BCUT2D eigenvalue weighted by Gasteiger charge is 2.44. The second-order valence-electron chi connectivity index (χ2n) is 17.2. The van der Waals surface area contributed by atoms with Crippen LogP contribution in [0.1, 0.15) is 43.2 Å². The number of rotatable bonds is 6. The number of fused-ring (bicyclic) bond motifs is 7. The van der Waals surface area contributed by atoms with Crippen LogP contribution in [0.4, 0.5) is 0 Å². The molecular formula is C60H44N2. The van der Waals surface area contributed by atoms with Crippen LogP contribution in [0.25, 0.3) is 100.0 Å². The molecule has 0 bridgehead atoms. The van der Waals surface area contributed by atoms with Gasteiger partial charge in [0.15, 0.2) is 5.82 Å². The van der Waals surface area contributed by atoms with Gasteiger partial charge >= 0.3 is 0 Å². The molecule has 0 atom stereocenters. The molecule has 0 saturated heterocycles. The van der Waals surface area contributed by atoms with Crippen molar-refractivity contribution in [3.05, 3.63) is 217 Å². The van der Waals surface area contributed by atoms with Gasteiger partial charge in [0.2, 0.25) is 0 Å². The summed E-state index contributed by atoms with van der Waals surface area (Å²) in [7, 11) is 0. The molecule has 0 radical (unpaired) electrons. The summed E-state index contributed by atoms with van der Waals surface area (Å²) in [5.41, 5.74) is 18.3. The Bertz CT molecular complexity index is 3300. The molecule has 12 rings (SSSR count). The Hall–Kier alpha value is -7.42. The topological polar surface area (TPSA) is 25.8 Å². The Labute approximate surface area is 363 Å². The van der Waals surface area contributed by atoms with Crippen molar-refractivity contribution in [2.75, 3.05) is 0 Å². The summed E-state index contributed by atoms with van der Waals surface area (Å²) in [4.78, 5) is 10.4. The summed E-state index contributed by atoms with van der Waals surface area (Å²) >= 11 is 0. The zero-order valence-electron chi connectivity index (χ0n) is 34.6. The minimum atomic E-state index is 0.0993. The highest BCUT2D eigenvalue weighted by molar-refractivity contribution is 6.05. The third-order valence-electron chi connectivity index (χ3n) is 13.7. The zero-order chi connectivity index (χ0) is 41.0. The van der Waals surface area contributed by atoms with E-state index in [9.17, 15) is 0 Å². The van der Waals surface area contributed by atoms with E-state index in [0.29, 0.717) is 5.82 Å². The fourth-order valence-corrected chi connectivity index (χ4v) is 10.7. The number of benzene rings is 9. The van der Waals surface area contributed by atoms with Gasteiger partial charge in [-0.1, -0.05) is 201 Å². The quantitative estimate of drug-likeness (QED) is 0.168. The normalized spacial score (nSPS) is 13.9. The summed E-state index contributed by atoms with van der Waals surface area (Å²) < 4.78 is 0. The molecular weight excluding hydrogens is 749 g/mol. The van der Waals surface area contributed by atoms with Crippen LogP contribution in [0.5, 0.6) is 0 Å². The highest BCUT2D eigenvalue weighted by atomic mass is 14.9. The van der Waals surface area contributed by atoms with E-state index in [2.05, 4.69) is 200 Å². The van der Waals surface area contributed by atoms with Gasteiger partial charge in [0.25, 0.3) is 0 Å². The van der Waals surface area contributed by atoms with E-state index in [4.69, 9.17) is 9.97 Å². The van der Waals surface area contributed by atoms with Gasteiger partial charge in [-0.2, -0.15) is 0 Å². The molecule has 1 aromatic heterocycles. The number of hydrogen-bond acceptors (Lipinski definition) is 2. The second-order valence-corrected chi connectivity index (χ2v) is 17.2. The second kappa shape index (κ2) is 14.9. The largest absolute Gasteiger partial charge is 0.228 e. The lowest BCUT2D eigenvalue weighted by molar-refractivity contribution is 0.353.